The summed E-state index contributed by atoms with van der Waals surface area (Å²) in [6.07, 6.45) is 2.82. The molecule has 0 spiro atoms. The van der Waals surface area contributed by atoms with Crippen molar-refractivity contribution in [2.24, 2.45) is 0 Å². The second-order valence-corrected chi connectivity index (χ2v) is 4.64. The Labute approximate surface area is 120 Å². The predicted octanol–water partition coefficient (Wildman–Crippen LogP) is 4.10. The molecule has 0 saturated carbocycles. The average molecular weight is 297 g/mol. The first-order valence-electron chi connectivity index (χ1n) is 5.42. The van der Waals surface area contributed by atoms with Crippen LogP contribution in [0.25, 0.3) is 0 Å². The van der Waals surface area contributed by atoms with Gasteiger partial charge in [-0.2, -0.15) is 0 Å². The van der Waals surface area contributed by atoms with Crippen LogP contribution in [-0.4, -0.2) is 10.9 Å². The van der Waals surface area contributed by atoms with Gasteiger partial charge in [-0.1, -0.05) is 28.4 Å². The van der Waals surface area contributed by atoms with Gasteiger partial charge >= 0.3 is 0 Å². The normalized spacial score (nSPS) is 10.9. The molecule has 0 unspecified atom stereocenters. The Hall–Kier alpha value is -1.78. The molecule has 0 atom stereocenters. The van der Waals surface area contributed by atoms with Crippen molar-refractivity contribution >= 4 is 34.9 Å². The molecule has 19 heavy (non-hydrogen) atoms. The lowest BCUT2D eigenvalue weighted by Gasteiger charge is -2.00. The zero-order valence-corrected chi connectivity index (χ0v) is 11.5. The van der Waals surface area contributed by atoms with Crippen molar-refractivity contribution in [2.75, 3.05) is 5.32 Å². The fourth-order valence-electron chi connectivity index (χ4n) is 1.41. The van der Waals surface area contributed by atoms with E-state index in [4.69, 9.17) is 27.7 Å². The van der Waals surface area contributed by atoms with Crippen LogP contribution in [-0.2, 0) is 0 Å². The van der Waals surface area contributed by atoms with Gasteiger partial charge in [-0.15, -0.1) is 0 Å². The van der Waals surface area contributed by atoms with E-state index in [1.807, 2.05) is 0 Å². The number of nitrogens with zero attached hydrogens (tertiary/aromatic N) is 1. The Kier molecular flexibility index (Phi) is 4.24. The number of aromatic nitrogens is 1. The van der Waals surface area contributed by atoms with Crippen LogP contribution in [0.2, 0.25) is 10.0 Å². The van der Waals surface area contributed by atoms with Crippen molar-refractivity contribution < 1.29 is 9.32 Å². The van der Waals surface area contributed by atoms with Gasteiger partial charge in [-0.05, 0) is 25.1 Å². The molecule has 0 aliphatic carbocycles. The third-order valence-corrected chi connectivity index (χ3v) is 2.83. The second kappa shape index (κ2) is 5.91. The van der Waals surface area contributed by atoms with Gasteiger partial charge in [0, 0.05) is 28.9 Å². The first-order chi connectivity index (χ1) is 9.06. The summed E-state index contributed by atoms with van der Waals surface area (Å²) in [4.78, 5) is 11.9. The summed E-state index contributed by atoms with van der Waals surface area (Å²) in [7, 11) is 0. The molecule has 6 heteroatoms. The summed E-state index contributed by atoms with van der Waals surface area (Å²) in [5.74, 6) is 0.231. The van der Waals surface area contributed by atoms with Crippen molar-refractivity contribution in [3.63, 3.8) is 0 Å². The number of benzene rings is 1. The van der Waals surface area contributed by atoms with E-state index in [1.165, 1.54) is 18.3 Å². The van der Waals surface area contributed by atoms with Gasteiger partial charge in [0.1, 0.15) is 0 Å². The van der Waals surface area contributed by atoms with Crippen molar-refractivity contribution in [2.45, 2.75) is 6.92 Å². The van der Waals surface area contributed by atoms with Gasteiger partial charge in [0.05, 0.1) is 10.7 Å². The lowest BCUT2D eigenvalue weighted by Crippen LogP contribution is -1.97. The summed E-state index contributed by atoms with van der Waals surface area (Å²) >= 11 is 11.7. The van der Waals surface area contributed by atoms with Gasteiger partial charge in [0.15, 0.2) is 5.78 Å². The van der Waals surface area contributed by atoms with Crippen molar-refractivity contribution in [3.8, 4) is 0 Å². The number of aryl methyl sites for hydroxylation is 1. The summed E-state index contributed by atoms with van der Waals surface area (Å²) in [6.45, 7) is 1.80. The Morgan fingerprint density at radius 1 is 1.37 bits per heavy atom. The molecular weight excluding hydrogens is 287 g/mol. The first kappa shape index (κ1) is 13.6. The zero-order valence-electron chi connectivity index (χ0n) is 9.98. The summed E-state index contributed by atoms with van der Waals surface area (Å²) in [5, 5.41) is 7.31. The van der Waals surface area contributed by atoms with E-state index in [-0.39, 0.29) is 5.78 Å². The number of carbonyl (C=O) groups is 1. The van der Waals surface area contributed by atoms with Crippen LogP contribution in [0, 0.1) is 6.92 Å². The Balaban J connectivity index is 2.04. The maximum atomic E-state index is 11.9. The van der Waals surface area contributed by atoms with E-state index in [9.17, 15) is 4.79 Å². The monoisotopic (exact) mass is 296 g/mol. The average Bonchev–Trinajstić information content (AvgIpc) is 2.75. The topological polar surface area (TPSA) is 55.1 Å². The largest absolute Gasteiger partial charge is 0.338 e. The molecule has 0 radical (unpaired) electrons. The SMILES string of the molecule is Cc1cc(N/C=C\C(=O)c2ccc(Cl)cc2Cl)on1. The second-order valence-electron chi connectivity index (χ2n) is 3.80. The Morgan fingerprint density at radius 3 is 2.79 bits per heavy atom. The summed E-state index contributed by atoms with van der Waals surface area (Å²) in [6, 6.07) is 6.43. The van der Waals surface area contributed by atoms with E-state index >= 15 is 0 Å². The van der Waals surface area contributed by atoms with Gasteiger partial charge in [-0.25, -0.2) is 0 Å². The van der Waals surface area contributed by atoms with Crippen molar-refractivity contribution in [1.29, 1.82) is 0 Å². The molecule has 0 bridgehead atoms. The highest BCUT2D eigenvalue weighted by Crippen LogP contribution is 2.21. The number of anilines is 1. The minimum atomic E-state index is -0.231. The summed E-state index contributed by atoms with van der Waals surface area (Å²) in [5.41, 5.74) is 1.14. The van der Waals surface area contributed by atoms with Crippen LogP contribution in [0.15, 0.2) is 41.1 Å². The molecule has 1 heterocycles. The first-order valence-corrected chi connectivity index (χ1v) is 6.17. The number of ketones is 1. The van der Waals surface area contributed by atoms with Crippen LogP contribution in [0.5, 0.6) is 0 Å². The van der Waals surface area contributed by atoms with E-state index < -0.39 is 0 Å². The highest BCUT2D eigenvalue weighted by molar-refractivity contribution is 6.37. The Morgan fingerprint density at radius 2 is 2.16 bits per heavy atom. The number of carbonyl (C=O) groups excluding carboxylic acids is 1. The molecule has 0 amide bonds. The highest BCUT2D eigenvalue weighted by atomic mass is 35.5. The molecule has 4 nitrogen and oxygen atoms in total. The molecule has 98 valence electrons. The number of hydrogen-bond donors (Lipinski definition) is 1. The maximum Gasteiger partial charge on any atom is 0.228 e. The standard InChI is InChI=1S/C13H10Cl2N2O2/c1-8-6-13(19-17-8)16-5-4-12(18)10-3-2-9(14)7-11(10)15/h2-7,16H,1H3/b5-4-. The third-order valence-electron chi connectivity index (χ3n) is 2.28. The lowest BCUT2D eigenvalue weighted by atomic mass is 10.1. The smallest absolute Gasteiger partial charge is 0.228 e. The fourth-order valence-corrected chi connectivity index (χ4v) is 1.91. The van der Waals surface area contributed by atoms with Gasteiger partial charge in [0.2, 0.25) is 5.88 Å². The molecule has 1 aromatic heterocycles. The minimum Gasteiger partial charge on any atom is -0.338 e. The van der Waals surface area contributed by atoms with Gasteiger partial charge < -0.3 is 9.84 Å². The molecule has 2 rings (SSSR count). The van der Waals surface area contributed by atoms with Gasteiger partial charge in [-0.3, -0.25) is 4.79 Å². The van der Waals surface area contributed by atoms with E-state index in [2.05, 4.69) is 10.5 Å². The van der Waals surface area contributed by atoms with E-state index in [0.717, 1.165) is 5.69 Å². The maximum absolute atomic E-state index is 11.9. The van der Waals surface area contributed by atoms with E-state index in [1.54, 1.807) is 25.1 Å². The van der Waals surface area contributed by atoms with Crippen LogP contribution in [0.1, 0.15) is 16.1 Å². The number of allylic oxidation sites excluding steroid dienone is 1. The molecule has 1 N–H and O–H groups in total. The van der Waals surface area contributed by atoms with Crippen LogP contribution < -0.4 is 5.32 Å². The quantitative estimate of drug-likeness (QED) is 0.682. The number of hydrogen-bond acceptors (Lipinski definition) is 4. The van der Waals surface area contributed by atoms with Gasteiger partial charge in [0.25, 0.3) is 0 Å². The molecule has 0 aliphatic heterocycles. The molecular formula is C13H10Cl2N2O2. The molecule has 0 saturated heterocycles. The third kappa shape index (κ3) is 3.59. The molecule has 0 fully saturated rings. The van der Waals surface area contributed by atoms with Crippen LogP contribution in [0.3, 0.4) is 0 Å². The predicted molar refractivity (Wildman–Crippen MR) is 74.8 cm³/mol. The molecule has 0 aliphatic rings. The zero-order chi connectivity index (χ0) is 13.8. The fraction of sp³-hybridized carbons (Fsp3) is 0.0769. The number of halogens is 2. The summed E-state index contributed by atoms with van der Waals surface area (Å²) < 4.78 is 4.92. The van der Waals surface area contributed by atoms with Crippen molar-refractivity contribution in [1.82, 2.24) is 5.16 Å². The lowest BCUT2D eigenvalue weighted by molar-refractivity contribution is 0.104. The molecule has 1 aromatic carbocycles. The molecule has 2 aromatic rings. The van der Waals surface area contributed by atoms with E-state index in [0.29, 0.717) is 21.5 Å². The number of nitrogens with one attached hydrogen (secondary N) is 1. The Bertz CT molecular complexity index is 635. The van der Waals surface area contributed by atoms with Crippen LogP contribution in [0.4, 0.5) is 5.88 Å². The van der Waals surface area contributed by atoms with Crippen molar-refractivity contribution in [3.05, 3.63) is 57.8 Å². The number of rotatable bonds is 4. The van der Waals surface area contributed by atoms with Crippen LogP contribution >= 0.6 is 23.2 Å². The highest BCUT2D eigenvalue weighted by Gasteiger charge is 2.07. The minimum absolute atomic E-state index is 0.231.